The summed E-state index contributed by atoms with van der Waals surface area (Å²) in [5.74, 6) is 1.61. The zero-order valence-corrected chi connectivity index (χ0v) is 16.3. The van der Waals surface area contributed by atoms with Crippen LogP contribution < -0.4 is 10.6 Å². The minimum atomic E-state index is 0.146. The number of nitrogens with one attached hydrogen (secondary N) is 2. The third kappa shape index (κ3) is 6.61. The van der Waals surface area contributed by atoms with Crippen LogP contribution >= 0.6 is 11.8 Å². The highest BCUT2D eigenvalue weighted by Crippen LogP contribution is 2.23. The van der Waals surface area contributed by atoms with Crippen molar-refractivity contribution in [3.05, 3.63) is 30.3 Å². The fourth-order valence-corrected chi connectivity index (χ4v) is 4.00. The third-order valence-corrected chi connectivity index (χ3v) is 5.62. The first-order valence-corrected chi connectivity index (χ1v) is 9.88. The number of thioether (sulfide) groups is 1. The van der Waals surface area contributed by atoms with Gasteiger partial charge in [-0.05, 0) is 30.9 Å². The molecule has 0 aliphatic carbocycles. The number of nitrogens with zero attached hydrogens (tertiary/aromatic N) is 2. The Labute approximate surface area is 155 Å². The number of aliphatic imine (C=N–C) groups is 1. The maximum absolute atomic E-state index is 11.5. The third-order valence-electron chi connectivity index (χ3n) is 4.51. The van der Waals surface area contributed by atoms with Gasteiger partial charge in [0.1, 0.15) is 0 Å². The fourth-order valence-electron chi connectivity index (χ4n) is 3.05. The van der Waals surface area contributed by atoms with Crippen molar-refractivity contribution in [1.29, 1.82) is 0 Å². The predicted octanol–water partition coefficient (Wildman–Crippen LogP) is 2.59. The van der Waals surface area contributed by atoms with Crippen LogP contribution in [0.5, 0.6) is 0 Å². The van der Waals surface area contributed by atoms with E-state index in [-0.39, 0.29) is 5.91 Å². The van der Waals surface area contributed by atoms with Gasteiger partial charge in [0.2, 0.25) is 5.91 Å². The van der Waals surface area contributed by atoms with Crippen molar-refractivity contribution in [1.82, 2.24) is 15.5 Å². The van der Waals surface area contributed by atoms with Crippen LogP contribution in [0.25, 0.3) is 0 Å². The highest BCUT2D eigenvalue weighted by molar-refractivity contribution is 8.00. The van der Waals surface area contributed by atoms with Crippen LogP contribution in [0.4, 0.5) is 0 Å². The Bertz CT molecular complexity index is 556. The lowest BCUT2D eigenvalue weighted by atomic mass is 9.93. The maximum Gasteiger partial charge on any atom is 0.220 e. The van der Waals surface area contributed by atoms with Crippen LogP contribution in [0, 0.1) is 5.92 Å². The zero-order valence-electron chi connectivity index (χ0n) is 15.5. The van der Waals surface area contributed by atoms with Gasteiger partial charge in [0.25, 0.3) is 0 Å². The molecule has 0 aromatic heterocycles. The molecule has 1 amide bonds. The van der Waals surface area contributed by atoms with Crippen LogP contribution in [0.2, 0.25) is 0 Å². The maximum atomic E-state index is 11.5. The molecule has 2 rings (SSSR count). The van der Waals surface area contributed by atoms with Gasteiger partial charge < -0.3 is 15.5 Å². The van der Waals surface area contributed by atoms with Gasteiger partial charge in [0.15, 0.2) is 5.96 Å². The summed E-state index contributed by atoms with van der Waals surface area (Å²) < 4.78 is 0. The van der Waals surface area contributed by atoms with Gasteiger partial charge in [0, 0.05) is 50.3 Å². The number of amides is 1. The van der Waals surface area contributed by atoms with Crippen molar-refractivity contribution in [3.63, 3.8) is 0 Å². The number of piperidine rings is 1. The average molecular weight is 363 g/mol. The highest BCUT2D eigenvalue weighted by atomic mass is 32.2. The molecule has 1 aromatic rings. The molecule has 0 radical (unpaired) electrons. The molecule has 1 atom stereocenters. The van der Waals surface area contributed by atoms with Crippen molar-refractivity contribution in [2.24, 2.45) is 10.9 Å². The van der Waals surface area contributed by atoms with Crippen molar-refractivity contribution in [3.8, 4) is 0 Å². The van der Waals surface area contributed by atoms with E-state index in [1.54, 1.807) is 7.05 Å². The molecule has 0 bridgehead atoms. The minimum Gasteiger partial charge on any atom is -0.359 e. The summed E-state index contributed by atoms with van der Waals surface area (Å²) in [6, 6.07) is 10.5. The number of carbonyl (C=O) groups is 1. The number of hydrogen-bond donors (Lipinski definition) is 2. The lowest BCUT2D eigenvalue weighted by molar-refractivity contribution is -0.121. The SMILES string of the molecule is CN=C(NCC(C)Sc1ccccc1)N1CCC(CC(=O)NC)CC1. The predicted molar refractivity (Wildman–Crippen MR) is 106 cm³/mol. The lowest BCUT2D eigenvalue weighted by Crippen LogP contribution is -2.47. The van der Waals surface area contributed by atoms with Crippen molar-refractivity contribution >= 4 is 23.6 Å². The van der Waals surface area contributed by atoms with Gasteiger partial charge in [-0.1, -0.05) is 25.1 Å². The molecule has 1 saturated heterocycles. The summed E-state index contributed by atoms with van der Waals surface area (Å²) in [7, 11) is 3.55. The summed E-state index contributed by atoms with van der Waals surface area (Å²) in [5, 5.41) is 6.68. The van der Waals surface area contributed by atoms with E-state index in [0.29, 0.717) is 17.6 Å². The summed E-state index contributed by atoms with van der Waals surface area (Å²) >= 11 is 1.87. The average Bonchev–Trinajstić information content (AvgIpc) is 2.64. The van der Waals surface area contributed by atoms with Gasteiger partial charge in [-0.3, -0.25) is 9.79 Å². The number of rotatable bonds is 6. The molecule has 1 fully saturated rings. The summed E-state index contributed by atoms with van der Waals surface area (Å²) in [6.07, 6.45) is 2.73. The number of guanidine groups is 1. The molecule has 0 saturated carbocycles. The first kappa shape index (κ1) is 19.6. The number of hydrogen-bond acceptors (Lipinski definition) is 3. The van der Waals surface area contributed by atoms with Crippen LogP contribution in [-0.2, 0) is 4.79 Å². The number of carbonyl (C=O) groups excluding carboxylic acids is 1. The van der Waals surface area contributed by atoms with Gasteiger partial charge in [0.05, 0.1) is 0 Å². The molecule has 25 heavy (non-hydrogen) atoms. The molecule has 1 aliphatic heterocycles. The van der Waals surface area contributed by atoms with Crippen LogP contribution in [0.3, 0.4) is 0 Å². The molecule has 1 heterocycles. The van der Waals surface area contributed by atoms with E-state index in [2.05, 4.69) is 51.7 Å². The molecule has 1 unspecified atom stereocenters. The van der Waals surface area contributed by atoms with E-state index in [0.717, 1.165) is 38.4 Å². The summed E-state index contributed by atoms with van der Waals surface area (Å²) in [4.78, 5) is 19.6. The minimum absolute atomic E-state index is 0.146. The molecular weight excluding hydrogens is 332 g/mol. The van der Waals surface area contributed by atoms with Crippen LogP contribution in [0.1, 0.15) is 26.2 Å². The molecule has 6 heteroatoms. The molecule has 1 aliphatic rings. The largest absolute Gasteiger partial charge is 0.359 e. The van der Waals surface area contributed by atoms with E-state index in [4.69, 9.17) is 0 Å². The van der Waals surface area contributed by atoms with Crippen LogP contribution in [-0.4, -0.2) is 55.7 Å². The van der Waals surface area contributed by atoms with Gasteiger partial charge in [-0.2, -0.15) is 0 Å². The van der Waals surface area contributed by atoms with E-state index >= 15 is 0 Å². The first-order valence-electron chi connectivity index (χ1n) is 9.00. The monoisotopic (exact) mass is 362 g/mol. The van der Waals surface area contributed by atoms with Crippen molar-refractivity contribution in [2.45, 2.75) is 36.3 Å². The second-order valence-corrected chi connectivity index (χ2v) is 7.99. The Morgan fingerprint density at radius 3 is 2.60 bits per heavy atom. The molecule has 2 N–H and O–H groups in total. The Morgan fingerprint density at radius 1 is 1.32 bits per heavy atom. The van der Waals surface area contributed by atoms with Gasteiger partial charge >= 0.3 is 0 Å². The lowest BCUT2D eigenvalue weighted by Gasteiger charge is -2.34. The second kappa shape index (κ2) is 10.3. The highest BCUT2D eigenvalue weighted by Gasteiger charge is 2.23. The Balaban J connectivity index is 1.74. The van der Waals surface area contributed by atoms with E-state index in [9.17, 15) is 4.79 Å². The number of likely N-dealkylation sites (tertiary alicyclic amines) is 1. The standard InChI is InChI=1S/C19H30N4OS/c1-15(25-17-7-5-4-6-8-17)14-22-19(21-3)23-11-9-16(10-12-23)13-18(24)20-2/h4-8,15-16H,9-14H2,1-3H3,(H,20,24)(H,21,22). The van der Waals surface area contributed by atoms with E-state index < -0.39 is 0 Å². The van der Waals surface area contributed by atoms with E-state index in [1.165, 1.54) is 4.90 Å². The fraction of sp³-hybridized carbons (Fsp3) is 0.579. The molecule has 5 nitrogen and oxygen atoms in total. The Hall–Kier alpha value is -1.69. The van der Waals surface area contributed by atoms with Crippen LogP contribution in [0.15, 0.2) is 40.2 Å². The normalized spacial score (nSPS) is 17.2. The van der Waals surface area contributed by atoms with Crippen molar-refractivity contribution < 1.29 is 4.79 Å². The quantitative estimate of drug-likeness (QED) is 0.464. The first-order chi connectivity index (χ1) is 12.1. The summed E-state index contributed by atoms with van der Waals surface area (Å²) in [5.41, 5.74) is 0. The van der Waals surface area contributed by atoms with Crippen molar-refractivity contribution in [2.75, 3.05) is 33.7 Å². The van der Waals surface area contributed by atoms with Gasteiger partial charge in [-0.25, -0.2) is 0 Å². The zero-order chi connectivity index (χ0) is 18.1. The molecule has 0 spiro atoms. The molecule has 1 aromatic carbocycles. The molecule has 138 valence electrons. The van der Waals surface area contributed by atoms with E-state index in [1.807, 2.05) is 24.9 Å². The Kier molecular flexibility index (Phi) is 8.12. The second-order valence-electron chi connectivity index (χ2n) is 6.48. The topological polar surface area (TPSA) is 56.7 Å². The smallest absolute Gasteiger partial charge is 0.220 e. The van der Waals surface area contributed by atoms with Gasteiger partial charge in [-0.15, -0.1) is 11.8 Å². The Morgan fingerprint density at radius 2 is 2.00 bits per heavy atom. The molecular formula is C19H30N4OS. The number of benzene rings is 1. The summed E-state index contributed by atoms with van der Waals surface area (Å²) in [6.45, 7) is 5.03.